The number of halogens is 1. The molecule has 0 unspecified atom stereocenters. The number of hydrogen-bond acceptors (Lipinski definition) is 5. The Morgan fingerprint density at radius 3 is 2.76 bits per heavy atom. The van der Waals surface area contributed by atoms with Crippen LogP contribution in [0.4, 0.5) is 0 Å². The van der Waals surface area contributed by atoms with Crippen LogP contribution in [-0.4, -0.2) is 63.0 Å². The summed E-state index contributed by atoms with van der Waals surface area (Å²) in [5.74, 6) is 1.57. The molecule has 4 rings (SSSR count). The van der Waals surface area contributed by atoms with Gasteiger partial charge in [0.15, 0.2) is 11.5 Å². The first-order valence-corrected chi connectivity index (χ1v) is 9.57. The Bertz CT molecular complexity index is 627. The zero-order valence-corrected chi connectivity index (χ0v) is 15.7. The lowest BCUT2D eigenvalue weighted by atomic mass is 9.79. The van der Waals surface area contributed by atoms with Gasteiger partial charge in [-0.2, -0.15) is 0 Å². The molecule has 1 atom stereocenters. The second kappa shape index (κ2) is 7.31. The summed E-state index contributed by atoms with van der Waals surface area (Å²) in [5, 5.41) is 0.774. The molecule has 0 saturated carbocycles. The summed E-state index contributed by atoms with van der Waals surface area (Å²) in [6.07, 6.45) is 3.91. The highest BCUT2D eigenvalue weighted by molar-refractivity contribution is 6.31. The predicted molar refractivity (Wildman–Crippen MR) is 97.5 cm³/mol. The van der Waals surface area contributed by atoms with Crippen molar-refractivity contribution in [3.63, 3.8) is 0 Å². The lowest BCUT2D eigenvalue weighted by Crippen LogP contribution is -2.45. The number of ether oxygens (including phenoxy) is 3. The van der Waals surface area contributed by atoms with Crippen LogP contribution < -0.4 is 9.47 Å². The van der Waals surface area contributed by atoms with E-state index < -0.39 is 0 Å². The minimum atomic E-state index is 0.291. The Morgan fingerprint density at radius 2 is 1.92 bits per heavy atom. The number of likely N-dealkylation sites (tertiary alicyclic amines) is 2. The molecule has 0 aromatic heterocycles. The summed E-state index contributed by atoms with van der Waals surface area (Å²) in [6, 6.07) is 3.93. The molecule has 2 fully saturated rings. The van der Waals surface area contributed by atoms with E-state index in [-0.39, 0.29) is 0 Å². The number of benzene rings is 1. The Balaban J connectivity index is 1.39. The molecule has 0 aliphatic carbocycles. The van der Waals surface area contributed by atoms with Gasteiger partial charge in [-0.15, -0.1) is 0 Å². The van der Waals surface area contributed by atoms with Crippen LogP contribution in [0.3, 0.4) is 0 Å². The lowest BCUT2D eigenvalue weighted by Gasteiger charge is -2.40. The molecule has 0 N–H and O–H groups in total. The van der Waals surface area contributed by atoms with Crippen LogP contribution in [0.15, 0.2) is 12.1 Å². The fraction of sp³-hybridized carbons (Fsp3) is 0.684. The minimum Gasteiger partial charge on any atom is -0.454 e. The highest BCUT2D eigenvalue weighted by atomic mass is 35.5. The van der Waals surface area contributed by atoms with Gasteiger partial charge in [0.1, 0.15) is 0 Å². The average molecular weight is 367 g/mol. The predicted octanol–water partition coefficient (Wildman–Crippen LogP) is 3.00. The van der Waals surface area contributed by atoms with Crippen LogP contribution in [0.5, 0.6) is 11.5 Å². The van der Waals surface area contributed by atoms with Crippen LogP contribution in [-0.2, 0) is 11.3 Å². The number of methoxy groups -OCH3 is 1. The molecule has 5 nitrogen and oxygen atoms in total. The summed E-state index contributed by atoms with van der Waals surface area (Å²) in [7, 11) is 1.78. The third-order valence-corrected chi connectivity index (χ3v) is 6.16. The van der Waals surface area contributed by atoms with Gasteiger partial charge < -0.3 is 19.1 Å². The van der Waals surface area contributed by atoms with E-state index in [2.05, 4.69) is 9.80 Å². The maximum Gasteiger partial charge on any atom is 0.231 e. The summed E-state index contributed by atoms with van der Waals surface area (Å²) in [5.41, 5.74) is 1.57. The molecule has 2 saturated heterocycles. The smallest absolute Gasteiger partial charge is 0.231 e. The van der Waals surface area contributed by atoms with E-state index in [0.717, 1.165) is 54.9 Å². The normalized spacial score (nSPS) is 26.6. The Morgan fingerprint density at radius 1 is 1.12 bits per heavy atom. The molecule has 1 aromatic rings. The first-order valence-electron chi connectivity index (χ1n) is 9.19. The van der Waals surface area contributed by atoms with Crippen molar-refractivity contribution in [1.29, 1.82) is 0 Å². The van der Waals surface area contributed by atoms with Gasteiger partial charge in [0, 0.05) is 44.4 Å². The van der Waals surface area contributed by atoms with Gasteiger partial charge in [-0.1, -0.05) is 11.6 Å². The van der Waals surface area contributed by atoms with E-state index in [1.54, 1.807) is 7.11 Å². The van der Waals surface area contributed by atoms with Gasteiger partial charge in [0.05, 0.1) is 6.61 Å². The molecule has 6 heteroatoms. The minimum absolute atomic E-state index is 0.291. The number of piperidine rings is 1. The summed E-state index contributed by atoms with van der Waals surface area (Å²) >= 11 is 6.46. The first kappa shape index (κ1) is 17.4. The highest BCUT2D eigenvalue weighted by Gasteiger charge is 2.41. The van der Waals surface area contributed by atoms with Crippen molar-refractivity contribution in [2.24, 2.45) is 5.41 Å². The molecule has 138 valence electrons. The van der Waals surface area contributed by atoms with Crippen LogP contribution in [0.25, 0.3) is 0 Å². The fourth-order valence-corrected chi connectivity index (χ4v) is 4.75. The van der Waals surface area contributed by atoms with E-state index in [0.29, 0.717) is 12.2 Å². The largest absolute Gasteiger partial charge is 0.454 e. The van der Waals surface area contributed by atoms with E-state index >= 15 is 0 Å². The molecule has 0 amide bonds. The van der Waals surface area contributed by atoms with Crippen molar-refractivity contribution in [2.75, 3.05) is 53.2 Å². The maximum atomic E-state index is 6.46. The fourth-order valence-electron chi connectivity index (χ4n) is 4.54. The van der Waals surface area contributed by atoms with Crippen LogP contribution in [0.1, 0.15) is 24.8 Å². The van der Waals surface area contributed by atoms with Crippen molar-refractivity contribution >= 4 is 11.6 Å². The molecule has 1 aromatic carbocycles. The van der Waals surface area contributed by atoms with E-state index in [1.807, 2.05) is 12.1 Å². The van der Waals surface area contributed by atoms with E-state index in [9.17, 15) is 0 Å². The molecular formula is C19H27ClN2O3. The third-order valence-electron chi connectivity index (χ3n) is 5.81. The maximum absolute atomic E-state index is 6.46. The number of hydrogen-bond donors (Lipinski definition) is 0. The van der Waals surface area contributed by atoms with E-state index in [4.69, 9.17) is 25.8 Å². The summed E-state index contributed by atoms with van der Waals surface area (Å²) in [4.78, 5) is 5.12. The zero-order chi connectivity index (χ0) is 17.3. The van der Waals surface area contributed by atoms with Crippen molar-refractivity contribution in [2.45, 2.75) is 25.8 Å². The number of nitrogens with zero attached hydrogens (tertiary/aromatic N) is 2. The molecule has 0 radical (unpaired) electrons. The molecule has 25 heavy (non-hydrogen) atoms. The Kier molecular flexibility index (Phi) is 5.09. The third kappa shape index (κ3) is 3.75. The molecular weight excluding hydrogens is 340 g/mol. The topological polar surface area (TPSA) is 34.2 Å². The Hall–Kier alpha value is -1.01. The molecule has 3 aliphatic rings. The number of rotatable bonds is 5. The van der Waals surface area contributed by atoms with Gasteiger partial charge in [-0.05, 0) is 49.4 Å². The van der Waals surface area contributed by atoms with E-state index in [1.165, 1.54) is 32.4 Å². The quantitative estimate of drug-likeness (QED) is 0.800. The molecule has 3 aliphatic heterocycles. The highest BCUT2D eigenvalue weighted by Crippen LogP contribution is 2.41. The lowest BCUT2D eigenvalue weighted by molar-refractivity contribution is 0.0673. The molecule has 1 spiro atoms. The van der Waals surface area contributed by atoms with Crippen LogP contribution in [0.2, 0.25) is 5.02 Å². The SMILES string of the molecule is COCCN1CCC[C@]2(CCN(Cc3cc4c(cc3Cl)OCO4)C2)C1. The zero-order valence-electron chi connectivity index (χ0n) is 14.9. The van der Waals surface area contributed by atoms with Gasteiger partial charge in [-0.3, -0.25) is 4.90 Å². The molecule has 3 heterocycles. The Labute approximate surface area is 154 Å². The van der Waals surface area contributed by atoms with Gasteiger partial charge >= 0.3 is 0 Å². The van der Waals surface area contributed by atoms with Gasteiger partial charge in [0.2, 0.25) is 6.79 Å². The molecule has 0 bridgehead atoms. The average Bonchev–Trinajstić information content (AvgIpc) is 3.20. The van der Waals surface area contributed by atoms with Crippen molar-refractivity contribution in [1.82, 2.24) is 9.80 Å². The van der Waals surface area contributed by atoms with Crippen molar-refractivity contribution in [3.05, 3.63) is 22.7 Å². The second-order valence-electron chi connectivity index (χ2n) is 7.63. The van der Waals surface area contributed by atoms with Crippen molar-refractivity contribution in [3.8, 4) is 11.5 Å². The second-order valence-corrected chi connectivity index (χ2v) is 8.04. The summed E-state index contributed by atoms with van der Waals surface area (Å²) in [6.45, 7) is 7.75. The van der Waals surface area contributed by atoms with Crippen molar-refractivity contribution < 1.29 is 14.2 Å². The first-order chi connectivity index (χ1) is 12.2. The van der Waals surface area contributed by atoms with Crippen LogP contribution >= 0.6 is 11.6 Å². The van der Waals surface area contributed by atoms with Crippen LogP contribution in [0, 0.1) is 5.41 Å². The van der Waals surface area contributed by atoms with Gasteiger partial charge in [-0.25, -0.2) is 0 Å². The standard InChI is InChI=1S/C19H27ClN2O3/c1-23-8-7-21-5-2-3-19(12-21)4-6-22(13-19)11-15-9-17-18(10-16(15)20)25-14-24-17/h9-10H,2-8,11-14H2,1H3/t19-/m0/s1. The monoisotopic (exact) mass is 366 g/mol. The summed E-state index contributed by atoms with van der Waals surface area (Å²) < 4.78 is 16.2. The van der Waals surface area contributed by atoms with Gasteiger partial charge in [0.25, 0.3) is 0 Å². The number of fused-ring (bicyclic) bond motifs is 1.